The van der Waals surface area contributed by atoms with E-state index < -0.39 is 0 Å². The Morgan fingerprint density at radius 2 is 2.25 bits per heavy atom. The van der Waals surface area contributed by atoms with Crippen molar-refractivity contribution in [3.05, 3.63) is 24.3 Å². The van der Waals surface area contributed by atoms with Crippen molar-refractivity contribution in [2.45, 2.75) is 17.7 Å². The first-order valence-corrected chi connectivity index (χ1v) is 6.57. The summed E-state index contributed by atoms with van der Waals surface area (Å²) in [6.07, 6.45) is 3.49. The van der Waals surface area contributed by atoms with E-state index >= 15 is 0 Å². The molecule has 0 heterocycles. The van der Waals surface area contributed by atoms with Crippen molar-refractivity contribution >= 4 is 23.4 Å². The minimum absolute atomic E-state index is 0.0969. The number of anilines is 1. The molecule has 0 aliphatic heterocycles. The lowest BCUT2D eigenvalue weighted by atomic mass is 10.2. The lowest BCUT2D eigenvalue weighted by molar-refractivity contribution is -0.120. The predicted molar refractivity (Wildman–Crippen MR) is 70.0 cm³/mol. The largest absolute Gasteiger partial charge is 0.385 e. The minimum Gasteiger partial charge on any atom is -0.385 e. The summed E-state index contributed by atoms with van der Waals surface area (Å²) in [6, 6.07) is 8.28. The predicted octanol–water partition coefficient (Wildman–Crippen LogP) is 2.35. The van der Waals surface area contributed by atoms with Gasteiger partial charge in [0.15, 0.2) is 0 Å². The second kappa shape index (κ2) is 7.17. The monoisotopic (exact) mass is 238 g/mol. The molecule has 0 spiro atoms. The molecule has 3 nitrogen and oxygen atoms in total. The highest BCUT2D eigenvalue weighted by Crippen LogP contribution is 2.18. The van der Waals surface area contributed by atoms with Crippen LogP contribution in [0.1, 0.15) is 12.8 Å². The molecule has 1 amide bonds. The number of carbonyl (C=O) groups is 1. The number of hydrogen-bond acceptors (Lipinski definition) is 3. The maximum Gasteiger partial charge on any atom is 0.219 e. The zero-order valence-corrected chi connectivity index (χ0v) is 10.6. The number of rotatable bonds is 6. The van der Waals surface area contributed by atoms with Crippen LogP contribution in [0.2, 0.25) is 0 Å². The maximum absolute atomic E-state index is 11.0. The SMILES string of the molecule is CNC(=O)CCCNc1cccc(SC)c1. The molecule has 0 saturated carbocycles. The second-order valence-electron chi connectivity index (χ2n) is 3.44. The molecule has 1 aromatic carbocycles. The van der Waals surface area contributed by atoms with Gasteiger partial charge in [-0.1, -0.05) is 6.07 Å². The van der Waals surface area contributed by atoms with E-state index in [0.29, 0.717) is 6.42 Å². The highest BCUT2D eigenvalue weighted by Gasteiger charge is 1.97. The van der Waals surface area contributed by atoms with Crippen molar-refractivity contribution < 1.29 is 4.79 Å². The van der Waals surface area contributed by atoms with Crippen LogP contribution in [-0.2, 0) is 4.79 Å². The second-order valence-corrected chi connectivity index (χ2v) is 4.32. The Labute approximate surface area is 101 Å². The Morgan fingerprint density at radius 3 is 2.94 bits per heavy atom. The Balaban J connectivity index is 2.28. The van der Waals surface area contributed by atoms with Crippen molar-refractivity contribution in [1.29, 1.82) is 0 Å². The van der Waals surface area contributed by atoms with Crippen LogP contribution in [0, 0.1) is 0 Å². The number of carbonyl (C=O) groups excluding carboxylic acids is 1. The first kappa shape index (κ1) is 12.9. The smallest absolute Gasteiger partial charge is 0.219 e. The van der Waals surface area contributed by atoms with Gasteiger partial charge >= 0.3 is 0 Å². The minimum atomic E-state index is 0.0969. The van der Waals surface area contributed by atoms with Gasteiger partial charge in [0.25, 0.3) is 0 Å². The number of hydrogen-bond donors (Lipinski definition) is 2. The van der Waals surface area contributed by atoms with Gasteiger partial charge < -0.3 is 10.6 Å². The zero-order valence-electron chi connectivity index (χ0n) is 9.75. The third kappa shape index (κ3) is 4.57. The molecule has 4 heteroatoms. The lowest BCUT2D eigenvalue weighted by Gasteiger charge is -2.07. The van der Waals surface area contributed by atoms with E-state index in [0.717, 1.165) is 18.7 Å². The average Bonchev–Trinajstić information content (AvgIpc) is 2.34. The zero-order chi connectivity index (χ0) is 11.8. The van der Waals surface area contributed by atoms with Gasteiger partial charge in [-0.05, 0) is 30.9 Å². The molecule has 88 valence electrons. The van der Waals surface area contributed by atoms with E-state index in [4.69, 9.17) is 0 Å². The van der Waals surface area contributed by atoms with Crippen molar-refractivity contribution in [2.75, 3.05) is 25.2 Å². The summed E-state index contributed by atoms with van der Waals surface area (Å²) in [7, 11) is 1.66. The fourth-order valence-corrected chi connectivity index (χ4v) is 1.80. The Morgan fingerprint density at radius 1 is 1.44 bits per heavy atom. The molecule has 1 aromatic rings. The van der Waals surface area contributed by atoms with E-state index in [1.165, 1.54) is 4.90 Å². The molecule has 0 aromatic heterocycles. The van der Waals surface area contributed by atoms with Crippen LogP contribution in [0.25, 0.3) is 0 Å². The standard InChI is InChI=1S/C12H18N2OS/c1-13-12(15)7-4-8-14-10-5-3-6-11(9-10)16-2/h3,5-6,9,14H,4,7-8H2,1-2H3,(H,13,15). The summed E-state index contributed by atoms with van der Waals surface area (Å²) in [5.41, 5.74) is 1.11. The normalized spacial score (nSPS) is 9.88. The quantitative estimate of drug-likeness (QED) is 0.590. The maximum atomic E-state index is 11.0. The molecule has 0 bridgehead atoms. The molecule has 0 atom stereocenters. The topological polar surface area (TPSA) is 41.1 Å². The molecule has 2 N–H and O–H groups in total. The van der Waals surface area contributed by atoms with Gasteiger partial charge in [-0.25, -0.2) is 0 Å². The van der Waals surface area contributed by atoms with Crippen LogP contribution in [0.15, 0.2) is 29.2 Å². The van der Waals surface area contributed by atoms with Gasteiger partial charge in [0.2, 0.25) is 5.91 Å². The molecule has 0 radical (unpaired) electrons. The van der Waals surface area contributed by atoms with Crippen LogP contribution < -0.4 is 10.6 Å². The van der Waals surface area contributed by atoms with Crippen LogP contribution in [0.5, 0.6) is 0 Å². The first-order chi connectivity index (χ1) is 7.76. The van der Waals surface area contributed by atoms with Gasteiger partial charge in [-0.15, -0.1) is 11.8 Å². The van der Waals surface area contributed by atoms with Crippen LogP contribution in [-0.4, -0.2) is 25.8 Å². The van der Waals surface area contributed by atoms with Gasteiger partial charge in [-0.2, -0.15) is 0 Å². The van der Waals surface area contributed by atoms with Gasteiger partial charge in [0.1, 0.15) is 0 Å². The van der Waals surface area contributed by atoms with Crippen LogP contribution in [0.4, 0.5) is 5.69 Å². The third-order valence-electron chi connectivity index (χ3n) is 2.26. The van der Waals surface area contributed by atoms with Gasteiger partial charge in [-0.3, -0.25) is 4.79 Å². The molecule has 0 fully saturated rings. The van der Waals surface area contributed by atoms with E-state index in [1.54, 1.807) is 18.8 Å². The average molecular weight is 238 g/mol. The Bertz CT molecular complexity index is 342. The van der Waals surface area contributed by atoms with Gasteiger partial charge in [0, 0.05) is 30.6 Å². The number of benzene rings is 1. The first-order valence-electron chi connectivity index (χ1n) is 5.34. The number of nitrogens with one attached hydrogen (secondary N) is 2. The van der Waals surface area contributed by atoms with E-state index in [9.17, 15) is 4.79 Å². The van der Waals surface area contributed by atoms with Crippen molar-refractivity contribution in [2.24, 2.45) is 0 Å². The molecule has 0 aliphatic carbocycles. The van der Waals surface area contributed by atoms with E-state index in [2.05, 4.69) is 29.0 Å². The summed E-state index contributed by atoms with van der Waals surface area (Å²) < 4.78 is 0. The highest BCUT2D eigenvalue weighted by molar-refractivity contribution is 7.98. The summed E-state index contributed by atoms with van der Waals surface area (Å²) in [6.45, 7) is 0.825. The Hall–Kier alpha value is -1.16. The highest BCUT2D eigenvalue weighted by atomic mass is 32.2. The van der Waals surface area contributed by atoms with E-state index in [1.807, 2.05) is 12.1 Å². The van der Waals surface area contributed by atoms with Crippen LogP contribution >= 0.6 is 11.8 Å². The molecular formula is C12H18N2OS. The number of thioether (sulfide) groups is 1. The molecule has 1 rings (SSSR count). The van der Waals surface area contributed by atoms with Crippen molar-refractivity contribution in [3.8, 4) is 0 Å². The summed E-state index contributed by atoms with van der Waals surface area (Å²) in [4.78, 5) is 12.2. The van der Waals surface area contributed by atoms with Crippen molar-refractivity contribution in [3.63, 3.8) is 0 Å². The van der Waals surface area contributed by atoms with E-state index in [-0.39, 0.29) is 5.91 Å². The molecule has 0 saturated heterocycles. The third-order valence-corrected chi connectivity index (χ3v) is 2.98. The molecular weight excluding hydrogens is 220 g/mol. The molecule has 0 unspecified atom stereocenters. The Kier molecular flexibility index (Phi) is 5.78. The van der Waals surface area contributed by atoms with Gasteiger partial charge in [0.05, 0.1) is 0 Å². The molecule has 16 heavy (non-hydrogen) atoms. The summed E-state index contributed by atoms with van der Waals surface area (Å²) in [5, 5.41) is 5.92. The lowest BCUT2D eigenvalue weighted by Crippen LogP contribution is -2.18. The van der Waals surface area contributed by atoms with Crippen molar-refractivity contribution in [1.82, 2.24) is 5.32 Å². The summed E-state index contributed by atoms with van der Waals surface area (Å²) in [5.74, 6) is 0.0969. The summed E-state index contributed by atoms with van der Waals surface area (Å²) >= 11 is 1.73. The fraction of sp³-hybridized carbons (Fsp3) is 0.417. The fourth-order valence-electron chi connectivity index (χ4n) is 1.34. The number of amides is 1. The molecule has 0 aliphatic rings. The van der Waals surface area contributed by atoms with Crippen LogP contribution in [0.3, 0.4) is 0 Å².